The van der Waals surface area contributed by atoms with Crippen LogP contribution in [0.1, 0.15) is 22.3 Å². The SMILES string of the molecule is Cc1cc(N2CCc3ccccc3CC2)ccc1CCN. The van der Waals surface area contributed by atoms with E-state index in [0.717, 1.165) is 38.9 Å². The Bertz CT molecular complexity index is 592. The summed E-state index contributed by atoms with van der Waals surface area (Å²) in [7, 11) is 0. The highest BCUT2D eigenvalue weighted by Gasteiger charge is 2.14. The first-order chi connectivity index (χ1) is 10.3. The number of aryl methyl sites for hydroxylation is 1. The van der Waals surface area contributed by atoms with E-state index in [1.165, 1.54) is 27.9 Å². The molecule has 0 bridgehead atoms. The van der Waals surface area contributed by atoms with E-state index in [4.69, 9.17) is 5.73 Å². The van der Waals surface area contributed by atoms with Gasteiger partial charge in [-0.1, -0.05) is 30.3 Å². The van der Waals surface area contributed by atoms with Gasteiger partial charge in [0.25, 0.3) is 0 Å². The molecular weight excluding hydrogens is 256 g/mol. The van der Waals surface area contributed by atoms with Gasteiger partial charge in [0, 0.05) is 18.8 Å². The van der Waals surface area contributed by atoms with Crippen molar-refractivity contribution in [1.29, 1.82) is 0 Å². The van der Waals surface area contributed by atoms with E-state index >= 15 is 0 Å². The average Bonchev–Trinajstić information content (AvgIpc) is 2.72. The standard InChI is InChI=1S/C19H24N2/c1-15-14-19(7-6-16(15)8-11-20)21-12-9-17-4-2-3-5-18(17)10-13-21/h2-7,14H,8-13,20H2,1H3. The molecule has 0 atom stereocenters. The predicted octanol–water partition coefficient (Wildman–Crippen LogP) is 3.10. The number of benzene rings is 2. The van der Waals surface area contributed by atoms with Crippen molar-refractivity contribution in [2.75, 3.05) is 24.5 Å². The topological polar surface area (TPSA) is 29.3 Å². The molecule has 2 heteroatoms. The third-order valence-corrected chi connectivity index (χ3v) is 4.53. The van der Waals surface area contributed by atoms with Crippen LogP contribution < -0.4 is 10.6 Å². The zero-order valence-electron chi connectivity index (χ0n) is 12.8. The highest BCUT2D eigenvalue weighted by atomic mass is 15.1. The van der Waals surface area contributed by atoms with Crippen LogP contribution in [0.15, 0.2) is 42.5 Å². The number of hydrogen-bond donors (Lipinski definition) is 1. The van der Waals surface area contributed by atoms with Crippen LogP contribution in [-0.4, -0.2) is 19.6 Å². The lowest BCUT2D eigenvalue weighted by Crippen LogP contribution is -2.26. The summed E-state index contributed by atoms with van der Waals surface area (Å²) < 4.78 is 0. The first kappa shape index (κ1) is 14.2. The van der Waals surface area contributed by atoms with Crippen LogP contribution in [-0.2, 0) is 19.3 Å². The van der Waals surface area contributed by atoms with Crippen LogP contribution in [0.3, 0.4) is 0 Å². The Labute approximate surface area is 127 Å². The van der Waals surface area contributed by atoms with E-state index in [9.17, 15) is 0 Å². The van der Waals surface area contributed by atoms with Crippen molar-refractivity contribution < 1.29 is 0 Å². The maximum absolute atomic E-state index is 5.67. The number of anilines is 1. The van der Waals surface area contributed by atoms with Gasteiger partial charge in [-0.2, -0.15) is 0 Å². The molecule has 1 aliphatic rings. The molecule has 2 aromatic carbocycles. The minimum atomic E-state index is 0.721. The Morgan fingerprint density at radius 3 is 2.24 bits per heavy atom. The summed E-state index contributed by atoms with van der Waals surface area (Å²) >= 11 is 0. The highest BCUT2D eigenvalue weighted by molar-refractivity contribution is 5.52. The fraction of sp³-hybridized carbons (Fsp3) is 0.368. The third kappa shape index (κ3) is 3.11. The van der Waals surface area contributed by atoms with Crippen LogP contribution in [0.25, 0.3) is 0 Å². The smallest absolute Gasteiger partial charge is 0.0369 e. The van der Waals surface area contributed by atoms with E-state index < -0.39 is 0 Å². The van der Waals surface area contributed by atoms with Crippen LogP contribution in [0, 0.1) is 6.92 Å². The molecule has 0 saturated carbocycles. The van der Waals surface area contributed by atoms with Crippen molar-refractivity contribution in [2.45, 2.75) is 26.2 Å². The van der Waals surface area contributed by atoms with Crippen molar-refractivity contribution in [2.24, 2.45) is 5.73 Å². The van der Waals surface area contributed by atoms with Crippen LogP contribution in [0.5, 0.6) is 0 Å². The van der Waals surface area contributed by atoms with E-state index in [1.807, 2.05) is 0 Å². The van der Waals surface area contributed by atoms with Gasteiger partial charge < -0.3 is 10.6 Å². The number of nitrogens with zero attached hydrogens (tertiary/aromatic N) is 1. The summed E-state index contributed by atoms with van der Waals surface area (Å²) in [5.41, 5.74) is 12.8. The molecule has 0 fully saturated rings. The lowest BCUT2D eigenvalue weighted by molar-refractivity contribution is 0.804. The predicted molar refractivity (Wildman–Crippen MR) is 90.0 cm³/mol. The molecule has 0 aromatic heterocycles. The molecule has 1 heterocycles. The molecule has 21 heavy (non-hydrogen) atoms. The quantitative estimate of drug-likeness (QED) is 0.936. The van der Waals surface area contributed by atoms with Crippen LogP contribution in [0.2, 0.25) is 0 Å². The van der Waals surface area contributed by atoms with E-state index in [1.54, 1.807) is 0 Å². The Kier molecular flexibility index (Phi) is 4.26. The monoisotopic (exact) mass is 280 g/mol. The van der Waals surface area contributed by atoms with E-state index in [0.29, 0.717) is 0 Å². The molecular formula is C19H24N2. The zero-order chi connectivity index (χ0) is 14.7. The molecule has 0 spiro atoms. The molecule has 0 unspecified atom stereocenters. The number of fused-ring (bicyclic) bond motifs is 1. The molecule has 110 valence electrons. The summed E-state index contributed by atoms with van der Waals surface area (Å²) in [5, 5.41) is 0. The second-order valence-electron chi connectivity index (χ2n) is 5.91. The van der Waals surface area contributed by atoms with Gasteiger partial charge in [0.05, 0.1) is 0 Å². The lowest BCUT2D eigenvalue weighted by atomic mass is 10.0. The zero-order valence-corrected chi connectivity index (χ0v) is 12.8. The van der Waals surface area contributed by atoms with Crippen molar-refractivity contribution in [3.05, 3.63) is 64.7 Å². The fourth-order valence-corrected chi connectivity index (χ4v) is 3.24. The average molecular weight is 280 g/mol. The molecule has 3 rings (SSSR count). The largest absolute Gasteiger partial charge is 0.371 e. The molecule has 2 aromatic rings. The Morgan fingerprint density at radius 2 is 1.67 bits per heavy atom. The Hall–Kier alpha value is -1.80. The van der Waals surface area contributed by atoms with Gasteiger partial charge in [0.15, 0.2) is 0 Å². The maximum atomic E-state index is 5.67. The summed E-state index contributed by atoms with van der Waals surface area (Å²) in [6, 6.07) is 15.7. The van der Waals surface area contributed by atoms with E-state index in [2.05, 4.69) is 54.3 Å². The van der Waals surface area contributed by atoms with Gasteiger partial charge in [0.2, 0.25) is 0 Å². The summed E-state index contributed by atoms with van der Waals surface area (Å²) in [5.74, 6) is 0. The summed E-state index contributed by atoms with van der Waals surface area (Å²) in [6.45, 7) is 5.12. The highest BCUT2D eigenvalue weighted by Crippen LogP contribution is 2.23. The molecule has 0 saturated heterocycles. The first-order valence-electron chi connectivity index (χ1n) is 7.89. The number of hydrogen-bond acceptors (Lipinski definition) is 2. The minimum Gasteiger partial charge on any atom is -0.371 e. The second-order valence-corrected chi connectivity index (χ2v) is 5.91. The molecule has 0 amide bonds. The number of nitrogens with two attached hydrogens (primary N) is 1. The summed E-state index contributed by atoms with van der Waals surface area (Å²) in [6.07, 6.45) is 3.25. The van der Waals surface area contributed by atoms with Gasteiger partial charge in [-0.05, 0) is 67.1 Å². The van der Waals surface area contributed by atoms with Crippen LogP contribution >= 0.6 is 0 Å². The Morgan fingerprint density at radius 1 is 1.00 bits per heavy atom. The maximum Gasteiger partial charge on any atom is 0.0369 e. The lowest BCUT2D eigenvalue weighted by Gasteiger charge is -2.23. The van der Waals surface area contributed by atoms with Crippen LogP contribution in [0.4, 0.5) is 5.69 Å². The fourth-order valence-electron chi connectivity index (χ4n) is 3.24. The van der Waals surface area contributed by atoms with Crippen molar-refractivity contribution >= 4 is 5.69 Å². The van der Waals surface area contributed by atoms with Crippen molar-refractivity contribution in [3.63, 3.8) is 0 Å². The van der Waals surface area contributed by atoms with Gasteiger partial charge in [0.1, 0.15) is 0 Å². The minimum absolute atomic E-state index is 0.721. The molecule has 1 aliphatic heterocycles. The van der Waals surface area contributed by atoms with Gasteiger partial charge in [-0.25, -0.2) is 0 Å². The normalized spacial score (nSPS) is 14.7. The first-order valence-corrected chi connectivity index (χ1v) is 7.89. The second kappa shape index (κ2) is 6.31. The molecule has 2 nitrogen and oxygen atoms in total. The Balaban J connectivity index is 1.78. The van der Waals surface area contributed by atoms with Gasteiger partial charge >= 0.3 is 0 Å². The van der Waals surface area contributed by atoms with Gasteiger partial charge in [-0.3, -0.25) is 0 Å². The van der Waals surface area contributed by atoms with E-state index in [-0.39, 0.29) is 0 Å². The molecule has 0 radical (unpaired) electrons. The van der Waals surface area contributed by atoms with Crippen molar-refractivity contribution in [3.8, 4) is 0 Å². The molecule has 0 aliphatic carbocycles. The van der Waals surface area contributed by atoms with Gasteiger partial charge in [-0.15, -0.1) is 0 Å². The summed E-state index contributed by atoms with van der Waals surface area (Å²) in [4.78, 5) is 2.51. The molecule has 2 N–H and O–H groups in total. The number of rotatable bonds is 3. The van der Waals surface area contributed by atoms with Crippen molar-refractivity contribution in [1.82, 2.24) is 0 Å². The third-order valence-electron chi connectivity index (χ3n) is 4.53.